The number of hydrogen-bond acceptors (Lipinski definition) is 3. The molecule has 0 aliphatic carbocycles. The molecule has 2 aromatic rings. The molecule has 1 aromatic heterocycles. The van der Waals surface area contributed by atoms with Crippen LogP contribution in [0.25, 0.3) is 0 Å². The van der Waals surface area contributed by atoms with E-state index in [2.05, 4.69) is 18.3 Å². The number of hydrogen-bond donors (Lipinski definition) is 1. The van der Waals surface area contributed by atoms with Crippen molar-refractivity contribution in [1.82, 2.24) is 0 Å². The lowest BCUT2D eigenvalue weighted by Crippen LogP contribution is -2.07. The largest absolute Gasteiger partial charge is 0.466 e. The highest BCUT2D eigenvalue weighted by Crippen LogP contribution is 2.26. The van der Waals surface area contributed by atoms with Crippen LogP contribution in [0.2, 0.25) is 0 Å². The zero-order chi connectivity index (χ0) is 13.1. The zero-order valence-electron chi connectivity index (χ0n) is 10.8. The Bertz CT molecular complexity index is 593. The summed E-state index contributed by atoms with van der Waals surface area (Å²) in [6, 6.07) is 11.8. The molecule has 1 unspecified atom stereocenters. The van der Waals surface area contributed by atoms with Crippen molar-refractivity contribution >= 4 is 5.69 Å². The van der Waals surface area contributed by atoms with Gasteiger partial charge in [0.25, 0.3) is 0 Å². The highest BCUT2D eigenvalue weighted by Gasteiger charge is 2.13. The molecular weight excluding hydrogens is 224 g/mol. The van der Waals surface area contributed by atoms with E-state index in [1.807, 2.05) is 44.2 Å². The SMILES string of the molecule is Cc1cc(C(C)Nc2ccccc2C#N)c(C)o1. The average molecular weight is 240 g/mol. The Morgan fingerprint density at radius 2 is 2.00 bits per heavy atom. The van der Waals surface area contributed by atoms with E-state index < -0.39 is 0 Å². The first-order valence-corrected chi connectivity index (χ1v) is 5.94. The Morgan fingerprint density at radius 1 is 1.28 bits per heavy atom. The predicted molar refractivity (Wildman–Crippen MR) is 71.4 cm³/mol. The maximum atomic E-state index is 9.05. The van der Waals surface area contributed by atoms with Crippen LogP contribution >= 0.6 is 0 Å². The van der Waals surface area contributed by atoms with Crippen molar-refractivity contribution in [3.05, 3.63) is 53.0 Å². The quantitative estimate of drug-likeness (QED) is 0.883. The molecule has 0 aliphatic rings. The van der Waals surface area contributed by atoms with Gasteiger partial charge >= 0.3 is 0 Å². The predicted octanol–water partition coefficient (Wildman–Crippen LogP) is 3.94. The van der Waals surface area contributed by atoms with Crippen molar-refractivity contribution in [1.29, 1.82) is 5.26 Å². The van der Waals surface area contributed by atoms with Gasteiger partial charge in [0.1, 0.15) is 17.6 Å². The van der Waals surface area contributed by atoms with Crippen molar-refractivity contribution in [2.45, 2.75) is 26.8 Å². The van der Waals surface area contributed by atoms with Crippen LogP contribution in [0, 0.1) is 25.2 Å². The first-order valence-electron chi connectivity index (χ1n) is 5.94. The second-order valence-electron chi connectivity index (χ2n) is 4.39. The summed E-state index contributed by atoms with van der Waals surface area (Å²) in [5.41, 5.74) is 2.63. The third kappa shape index (κ3) is 2.38. The average Bonchev–Trinajstić information content (AvgIpc) is 2.69. The van der Waals surface area contributed by atoms with E-state index >= 15 is 0 Å². The maximum absolute atomic E-state index is 9.05. The van der Waals surface area contributed by atoms with E-state index in [9.17, 15) is 0 Å². The van der Waals surface area contributed by atoms with Crippen LogP contribution in [0.5, 0.6) is 0 Å². The van der Waals surface area contributed by atoms with Crippen LogP contribution in [0.1, 0.15) is 35.6 Å². The molecule has 0 bridgehead atoms. The summed E-state index contributed by atoms with van der Waals surface area (Å²) < 4.78 is 5.52. The standard InChI is InChI=1S/C15H16N2O/c1-10-8-14(12(3)18-10)11(2)17-15-7-5-4-6-13(15)9-16/h4-8,11,17H,1-3H3. The summed E-state index contributed by atoms with van der Waals surface area (Å²) in [6.45, 7) is 5.95. The van der Waals surface area contributed by atoms with E-state index in [1.165, 1.54) is 0 Å². The fourth-order valence-electron chi connectivity index (χ4n) is 2.10. The van der Waals surface area contributed by atoms with Gasteiger partial charge in [-0.05, 0) is 39.0 Å². The van der Waals surface area contributed by atoms with Crippen molar-refractivity contribution < 1.29 is 4.42 Å². The number of anilines is 1. The summed E-state index contributed by atoms with van der Waals surface area (Å²) >= 11 is 0. The molecule has 0 amide bonds. The lowest BCUT2D eigenvalue weighted by Gasteiger charge is -2.15. The molecule has 1 N–H and O–H groups in total. The number of nitrogens with zero attached hydrogens (tertiary/aromatic N) is 1. The topological polar surface area (TPSA) is 49.0 Å². The Hall–Kier alpha value is -2.21. The normalized spacial score (nSPS) is 11.9. The van der Waals surface area contributed by atoms with Gasteiger partial charge in [0, 0.05) is 5.56 Å². The molecule has 0 saturated carbocycles. The van der Waals surface area contributed by atoms with Crippen molar-refractivity contribution in [2.75, 3.05) is 5.32 Å². The molecule has 18 heavy (non-hydrogen) atoms. The van der Waals surface area contributed by atoms with Gasteiger partial charge in [-0.1, -0.05) is 12.1 Å². The van der Waals surface area contributed by atoms with E-state index in [4.69, 9.17) is 9.68 Å². The smallest absolute Gasteiger partial charge is 0.106 e. The zero-order valence-corrected chi connectivity index (χ0v) is 10.8. The monoisotopic (exact) mass is 240 g/mol. The number of furan rings is 1. The second-order valence-corrected chi connectivity index (χ2v) is 4.39. The van der Waals surface area contributed by atoms with Crippen LogP contribution < -0.4 is 5.32 Å². The molecule has 2 rings (SSSR count). The summed E-state index contributed by atoms with van der Waals surface area (Å²) in [6.07, 6.45) is 0. The highest BCUT2D eigenvalue weighted by molar-refractivity contribution is 5.58. The number of aryl methyl sites for hydroxylation is 2. The Labute approximate surface area is 107 Å². The fourth-order valence-corrected chi connectivity index (χ4v) is 2.10. The van der Waals surface area contributed by atoms with Gasteiger partial charge in [-0.3, -0.25) is 0 Å². The summed E-state index contributed by atoms with van der Waals surface area (Å²) in [4.78, 5) is 0. The second kappa shape index (κ2) is 4.97. The van der Waals surface area contributed by atoms with Crippen LogP contribution in [0.15, 0.2) is 34.7 Å². The molecule has 3 nitrogen and oxygen atoms in total. The molecule has 1 aromatic carbocycles. The van der Waals surface area contributed by atoms with E-state index in [1.54, 1.807) is 0 Å². The van der Waals surface area contributed by atoms with Crippen molar-refractivity contribution in [3.8, 4) is 6.07 Å². The summed E-state index contributed by atoms with van der Waals surface area (Å²) in [5, 5.41) is 12.4. The lowest BCUT2D eigenvalue weighted by molar-refractivity contribution is 0.500. The summed E-state index contributed by atoms with van der Waals surface area (Å²) in [5.74, 6) is 1.83. The minimum Gasteiger partial charge on any atom is -0.466 e. The fraction of sp³-hybridized carbons (Fsp3) is 0.267. The number of benzene rings is 1. The van der Waals surface area contributed by atoms with Gasteiger partial charge < -0.3 is 9.73 Å². The van der Waals surface area contributed by atoms with E-state index in [-0.39, 0.29) is 6.04 Å². The van der Waals surface area contributed by atoms with Gasteiger partial charge in [0.15, 0.2) is 0 Å². The van der Waals surface area contributed by atoms with Gasteiger partial charge in [-0.2, -0.15) is 5.26 Å². The first-order chi connectivity index (χ1) is 8.61. The Morgan fingerprint density at radius 3 is 2.61 bits per heavy atom. The molecule has 0 spiro atoms. The first kappa shape index (κ1) is 12.3. The molecule has 0 aliphatic heterocycles. The Kier molecular flexibility index (Phi) is 3.38. The van der Waals surface area contributed by atoms with Crippen LogP contribution in [0.3, 0.4) is 0 Å². The van der Waals surface area contributed by atoms with E-state index in [0.29, 0.717) is 5.56 Å². The molecular formula is C15H16N2O. The van der Waals surface area contributed by atoms with Gasteiger partial charge in [0.05, 0.1) is 17.3 Å². The molecule has 0 saturated heterocycles. The minimum atomic E-state index is 0.108. The maximum Gasteiger partial charge on any atom is 0.106 e. The van der Waals surface area contributed by atoms with E-state index in [0.717, 1.165) is 22.8 Å². The highest BCUT2D eigenvalue weighted by atomic mass is 16.3. The number of rotatable bonds is 3. The Balaban J connectivity index is 2.24. The van der Waals surface area contributed by atoms with Crippen molar-refractivity contribution in [3.63, 3.8) is 0 Å². The van der Waals surface area contributed by atoms with Crippen molar-refractivity contribution in [2.24, 2.45) is 0 Å². The van der Waals surface area contributed by atoms with Gasteiger partial charge in [0.2, 0.25) is 0 Å². The van der Waals surface area contributed by atoms with Crippen LogP contribution in [-0.2, 0) is 0 Å². The molecule has 3 heteroatoms. The number of nitriles is 1. The number of nitrogens with one attached hydrogen (secondary N) is 1. The van der Waals surface area contributed by atoms with Gasteiger partial charge in [-0.15, -0.1) is 0 Å². The van der Waals surface area contributed by atoms with Crippen LogP contribution in [0.4, 0.5) is 5.69 Å². The number of para-hydroxylation sites is 1. The lowest BCUT2D eigenvalue weighted by atomic mass is 10.1. The molecule has 0 fully saturated rings. The minimum absolute atomic E-state index is 0.108. The summed E-state index contributed by atoms with van der Waals surface area (Å²) in [7, 11) is 0. The van der Waals surface area contributed by atoms with Crippen LogP contribution in [-0.4, -0.2) is 0 Å². The molecule has 1 heterocycles. The third-order valence-corrected chi connectivity index (χ3v) is 2.97. The molecule has 1 atom stereocenters. The molecule has 0 radical (unpaired) electrons. The molecule has 92 valence electrons. The third-order valence-electron chi connectivity index (χ3n) is 2.97. The van der Waals surface area contributed by atoms with Gasteiger partial charge in [-0.25, -0.2) is 0 Å².